The second-order valence-corrected chi connectivity index (χ2v) is 7.04. The average molecular weight is 382 g/mol. The van der Waals surface area contributed by atoms with Crippen molar-refractivity contribution in [2.45, 2.75) is 38.9 Å². The number of amides is 2. The number of carbonyl (C=O) groups is 2. The Morgan fingerprint density at radius 1 is 1.14 bits per heavy atom. The quantitative estimate of drug-likeness (QED) is 0.767. The summed E-state index contributed by atoms with van der Waals surface area (Å²) in [6.45, 7) is 5.07. The van der Waals surface area contributed by atoms with Crippen molar-refractivity contribution >= 4 is 17.5 Å². The molecule has 0 unspecified atom stereocenters. The summed E-state index contributed by atoms with van der Waals surface area (Å²) in [4.78, 5) is 25.3. The summed E-state index contributed by atoms with van der Waals surface area (Å²) >= 11 is 0. The fraction of sp³-hybridized carbons (Fsp3) is 0.364. The Labute approximate surface area is 165 Å². The van der Waals surface area contributed by atoms with Crippen LogP contribution in [0.15, 0.2) is 48.5 Å². The molecule has 2 amide bonds. The zero-order valence-corrected chi connectivity index (χ0v) is 16.2. The molecule has 1 fully saturated rings. The van der Waals surface area contributed by atoms with Crippen molar-refractivity contribution in [1.82, 2.24) is 5.32 Å². The number of rotatable bonds is 7. The summed E-state index contributed by atoms with van der Waals surface area (Å²) in [5.74, 6) is 0.0992. The minimum absolute atomic E-state index is 0.0200. The van der Waals surface area contributed by atoms with Gasteiger partial charge in [-0.25, -0.2) is 0 Å². The van der Waals surface area contributed by atoms with Crippen LogP contribution < -0.4 is 15.4 Å². The molecule has 0 aliphatic carbocycles. The van der Waals surface area contributed by atoms with E-state index >= 15 is 0 Å². The summed E-state index contributed by atoms with van der Waals surface area (Å²) < 4.78 is 11.2. The Hall–Kier alpha value is -2.86. The molecule has 1 heterocycles. The lowest BCUT2D eigenvalue weighted by molar-refractivity contribution is 0.0858. The number of para-hydroxylation sites is 1. The molecule has 0 saturated carbocycles. The molecule has 1 saturated heterocycles. The maximum absolute atomic E-state index is 12.7. The SMILES string of the molecule is CC(C)Oc1cccc(C(=O)Nc2ccccc2C(=O)NC[C@@H]2CCCO2)c1. The van der Waals surface area contributed by atoms with E-state index < -0.39 is 0 Å². The van der Waals surface area contributed by atoms with Gasteiger partial charge >= 0.3 is 0 Å². The normalized spacial score (nSPS) is 16.0. The van der Waals surface area contributed by atoms with Gasteiger partial charge in [0, 0.05) is 18.7 Å². The molecule has 1 atom stereocenters. The first-order valence-corrected chi connectivity index (χ1v) is 9.60. The van der Waals surface area contributed by atoms with Crippen molar-refractivity contribution in [2.75, 3.05) is 18.5 Å². The second kappa shape index (κ2) is 9.37. The molecule has 6 heteroatoms. The van der Waals surface area contributed by atoms with Gasteiger partial charge in [0.2, 0.25) is 0 Å². The van der Waals surface area contributed by atoms with Crippen molar-refractivity contribution in [1.29, 1.82) is 0 Å². The lowest BCUT2D eigenvalue weighted by Gasteiger charge is -2.14. The van der Waals surface area contributed by atoms with Gasteiger partial charge in [0.25, 0.3) is 11.8 Å². The van der Waals surface area contributed by atoms with E-state index in [1.807, 2.05) is 19.9 Å². The summed E-state index contributed by atoms with van der Waals surface area (Å²) in [7, 11) is 0. The zero-order chi connectivity index (χ0) is 19.9. The van der Waals surface area contributed by atoms with Gasteiger partial charge in [0.05, 0.1) is 23.5 Å². The third kappa shape index (κ3) is 5.33. The molecular weight excluding hydrogens is 356 g/mol. The summed E-state index contributed by atoms with van der Waals surface area (Å²) in [5, 5.41) is 5.72. The second-order valence-electron chi connectivity index (χ2n) is 7.04. The van der Waals surface area contributed by atoms with E-state index in [2.05, 4.69) is 10.6 Å². The van der Waals surface area contributed by atoms with Gasteiger partial charge < -0.3 is 20.1 Å². The van der Waals surface area contributed by atoms with Gasteiger partial charge in [-0.1, -0.05) is 18.2 Å². The summed E-state index contributed by atoms with van der Waals surface area (Å²) in [6.07, 6.45) is 2.06. The topological polar surface area (TPSA) is 76.7 Å². The fourth-order valence-corrected chi connectivity index (χ4v) is 3.07. The molecule has 3 rings (SSSR count). The maximum Gasteiger partial charge on any atom is 0.255 e. The van der Waals surface area contributed by atoms with E-state index in [0.717, 1.165) is 19.4 Å². The van der Waals surface area contributed by atoms with Gasteiger partial charge in [-0.2, -0.15) is 0 Å². The average Bonchev–Trinajstić information content (AvgIpc) is 3.20. The van der Waals surface area contributed by atoms with Crippen molar-refractivity contribution in [3.63, 3.8) is 0 Å². The van der Waals surface area contributed by atoms with Crippen molar-refractivity contribution in [2.24, 2.45) is 0 Å². The third-order valence-corrected chi connectivity index (χ3v) is 4.40. The molecule has 2 N–H and O–H groups in total. The lowest BCUT2D eigenvalue weighted by atomic mass is 10.1. The van der Waals surface area contributed by atoms with E-state index in [0.29, 0.717) is 29.1 Å². The number of carbonyl (C=O) groups excluding carboxylic acids is 2. The molecule has 28 heavy (non-hydrogen) atoms. The van der Waals surface area contributed by atoms with Crippen molar-refractivity contribution in [3.8, 4) is 5.75 Å². The third-order valence-electron chi connectivity index (χ3n) is 4.40. The lowest BCUT2D eigenvalue weighted by Crippen LogP contribution is -2.32. The molecule has 0 spiro atoms. The summed E-state index contributed by atoms with van der Waals surface area (Å²) in [5.41, 5.74) is 1.35. The Morgan fingerprint density at radius 3 is 2.71 bits per heavy atom. The van der Waals surface area contributed by atoms with E-state index in [9.17, 15) is 9.59 Å². The molecule has 2 aromatic rings. The Morgan fingerprint density at radius 2 is 1.96 bits per heavy atom. The van der Waals surface area contributed by atoms with Crippen LogP contribution in [0.3, 0.4) is 0 Å². The van der Waals surface area contributed by atoms with E-state index in [1.54, 1.807) is 42.5 Å². The highest BCUT2D eigenvalue weighted by atomic mass is 16.5. The zero-order valence-electron chi connectivity index (χ0n) is 16.2. The van der Waals surface area contributed by atoms with Gasteiger partial charge in [-0.15, -0.1) is 0 Å². The first-order chi connectivity index (χ1) is 13.5. The van der Waals surface area contributed by atoms with Crippen LogP contribution in [0, 0.1) is 0 Å². The maximum atomic E-state index is 12.7. The largest absolute Gasteiger partial charge is 0.491 e. The molecule has 1 aliphatic rings. The first-order valence-electron chi connectivity index (χ1n) is 9.60. The number of hydrogen-bond donors (Lipinski definition) is 2. The highest BCUT2D eigenvalue weighted by Crippen LogP contribution is 2.19. The monoisotopic (exact) mass is 382 g/mol. The van der Waals surface area contributed by atoms with Crippen LogP contribution in [0.5, 0.6) is 5.75 Å². The van der Waals surface area contributed by atoms with Crippen molar-refractivity contribution < 1.29 is 19.1 Å². The van der Waals surface area contributed by atoms with E-state index in [-0.39, 0.29) is 24.0 Å². The van der Waals surface area contributed by atoms with Crippen molar-refractivity contribution in [3.05, 3.63) is 59.7 Å². The first kappa shape index (κ1) is 19.9. The number of benzene rings is 2. The van der Waals surface area contributed by atoms with Crippen LogP contribution >= 0.6 is 0 Å². The van der Waals surface area contributed by atoms with Crippen LogP contribution in [0.25, 0.3) is 0 Å². The van der Waals surface area contributed by atoms with Gasteiger partial charge in [0.15, 0.2) is 0 Å². The molecule has 0 bridgehead atoms. The van der Waals surface area contributed by atoms with Crippen LogP contribution in [0.1, 0.15) is 47.4 Å². The molecule has 148 valence electrons. The minimum atomic E-state index is -0.298. The highest BCUT2D eigenvalue weighted by molar-refractivity contribution is 6.09. The molecular formula is C22H26N2O4. The number of nitrogens with one attached hydrogen (secondary N) is 2. The number of anilines is 1. The van der Waals surface area contributed by atoms with Gasteiger partial charge in [-0.05, 0) is 57.0 Å². The van der Waals surface area contributed by atoms with Crippen LogP contribution in [-0.2, 0) is 4.74 Å². The molecule has 0 radical (unpaired) electrons. The summed E-state index contributed by atoms with van der Waals surface area (Å²) in [6, 6.07) is 13.9. The Balaban J connectivity index is 1.68. The predicted molar refractivity (Wildman–Crippen MR) is 108 cm³/mol. The standard InChI is InChI=1S/C22H26N2O4/c1-15(2)28-17-8-5-7-16(13-17)21(25)24-20-11-4-3-10-19(20)22(26)23-14-18-9-6-12-27-18/h3-5,7-8,10-11,13,15,18H,6,9,12,14H2,1-2H3,(H,23,26)(H,24,25)/t18-/m0/s1. The van der Waals surface area contributed by atoms with E-state index in [1.165, 1.54) is 0 Å². The molecule has 6 nitrogen and oxygen atoms in total. The van der Waals surface area contributed by atoms with E-state index in [4.69, 9.17) is 9.47 Å². The highest BCUT2D eigenvalue weighted by Gasteiger charge is 2.19. The molecule has 1 aliphatic heterocycles. The number of hydrogen-bond acceptors (Lipinski definition) is 4. The Bertz CT molecular complexity index is 829. The number of ether oxygens (including phenoxy) is 2. The predicted octanol–water partition coefficient (Wildman–Crippen LogP) is 3.63. The van der Waals surface area contributed by atoms with Gasteiger partial charge in [0.1, 0.15) is 5.75 Å². The van der Waals surface area contributed by atoms with Crippen LogP contribution in [0.4, 0.5) is 5.69 Å². The molecule has 2 aromatic carbocycles. The minimum Gasteiger partial charge on any atom is -0.491 e. The van der Waals surface area contributed by atoms with Crippen LogP contribution in [-0.4, -0.2) is 37.2 Å². The fourth-order valence-electron chi connectivity index (χ4n) is 3.07. The smallest absolute Gasteiger partial charge is 0.255 e. The Kier molecular flexibility index (Phi) is 6.66. The molecule has 0 aromatic heterocycles. The van der Waals surface area contributed by atoms with Gasteiger partial charge in [-0.3, -0.25) is 9.59 Å². The van der Waals surface area contributed by atoms with Crippen LogP contribution in [0.2, 0.25) is 0 Å².